The van der Waals surface area contributed by atoms with Crippen molar-refractivity contribution in [3.63, 3.8) is 0 Å². The molecule has 2 amide bonds. The van der Waals surface area contributed by atoms with E-state index in [2.05, 4.69) is 4.98 Å². The van der Waals surface area contributed by atoms with Gasteiger partial charge in [-0.1, -0.05) is 0 Å². The van der Waals surface area contributed by atoms with Gasteiger partial charge in [-0.05, 0) is 42.8 Å². The van der Waals surface area contributed by atoms with Gasteiger partial charge in [0.15, 0.2) is 5.82 Å². The van der Waals surface area contributed by atoms with E-state index in [1.165, 1.54) is 43.5 Å². The number of benzene rings is 1. The number of hydrogen-bond acceptors (Lipinski definition) is 5. The monoisotopic (exact) mass is 346 g/mol. The van der Waals surface area contributed by atoms with Crippen LogP contribution in [0.2, 0.25) is 0 Å². The number of halogens is 1. The zero-order chi connectivity index (χ0) is 17.5. The summed E-state index contributed by atoms with van der Waals surface area (Å²) in [5, 5.41) is 8.86. The fraction of sp³-hybridized carbons (Fsp3) is 0.133. The van der Waals surface area contributed by atoms with Crippen molar-refractivity contribution < 1.29 is 17.6 Å². The molecule has 1 aromatic carbocycles. The molecule has 0 aliphatic carbocycles. The summed E-state index contributed by atoms with van der Waals surface area (Å²) in [5.74, 6) is -0.534. The van der Waals surface area contributed by atoms with Gasteiger partial charge in [0.2, 0.25) is 0 Å². The summed E-state index contributed by atoms with van der Waals surface area (Å²) < 4.78 is 39.0. The lowest BCUT2D eigenvalue weighted by Gasteiger charge is -2.34. The molecule has 0 unspecified atom stereocenters. The fourth-order valence-corrected chi connectivity index (χ4v) is 3.77. The van der Waals surface area contributed by atoms with E-state index in [9.17, 15) is 17.6 Å². The molecular weight excluding hydrogens is 335 g/mol. The van der Waals surface area contributed by atoms with Crippen molar-refractivity contribution in [3.8, 4) is 6.07 Å². The Balaban J connectivity index is 2.27. The Morgan fingerprint density at radius 2 is 2.08 bits per heavy atom. The van der Waals surface area contributed by atoms with Crippen molar-refractivity contribution in [2.75, 3.05) is 11.4 Å². The molecule has 2 heterocycles. The normalized spacial score (nSPS) is 15.8. The van der Waals surface area contributed by atoms with Crippen LogP contribution in [0.1, 0.15) is 5.56 Å². The average Bonchev–Trinajstić information content (AvgIpc) is 2.55. The van der Waals surface area contributed by atoms with Crippen molar-refractivity contribution >= 4 is 27.6 Å². The van der Waals surface area contributed by atoms with Gasteiger partial charge in [-0.25, -0.2) is 31.8 Å². The Hall–Kier alpha value is -2.99. The maximum absolute atomic E-state index is 13.5. The number of sulfonamides is 1. The number of carbonyl (C=O) groups excluding carboxylic acids is 1. The van der Waals surface area contributed by atoms with Gasteiger partial charge in [-0.3, -0.25) is 0 Å². The van der Waals surface area contributed by atoms with E-state index in [-0.39, 0.29) is 22.0 Å². The van der Waals surface area contributed by atoms with Gasteiger partial charge < -0.3 is 0 Å². The summed E-state index contributed by atoms with van der Waals surface area (Å²) >= 11 is 0. The second kappa shape index (κ2) is 5.58. The molecule has 122 valence electrons. The highest BCUT2D eigenvalue weighted by atomic mass is 32.2. The molecule has 0 fully saturated rings. The van der Waals surface area contributed by atoms with Gasteiger partial charge in [0, 0.05) is 6.20 Å². The summed E-state index contributed by atoms with van der Waals surface area (Å²) in [6.45, 7) is 0.891. The molecule has 2 aromatic rings. The molecule has 1 aliphatic heterocycles. The van der Waals surface area contributed by atoms with Gasteiger partial charge in [-0.15, -0.1) is 0 Å². The number of fused-ring (bicyclic) bond motifs is 1. The highest BCUT2D eigenvalue weighted by Gasteiger charge is 2.43. The minimum absolute atomic E-state index is 0.0808. The van der Waals surface area contributed by atoms with Crippen molar-refractivity contribution in [2.24, 2.45) is 0 Å². The lowest BCUT2D eigenvalue weighted by molar-refractivity contribution is 0.233. The van der Waals surface area contributed by atoms with Crippen LogP contribution in [-0.4, -0.2) is 30.3 Å². The molecule has 1 aliphatic rings. The number of urea groups is 1. The van der Waals surface area contributed by atoms with E-state index in [0.29, 0.717) is 4.31 Å². The summed E-state index contributed by atoms with van der Waals surface area (Å²) in [5.41, 5.74) is 0.551. The maximum Gasteiger partial charge on any atom is 0.345 e. The number of hydrogen-bond donors (Lipinski definition) is 0. The zero-order valence-corrected chi connectivity index (χ0v) is 13.3. The number of aryl methyl sites for hydroxylation is 1. The number of carbonyl (C=O) groups is 1. The third kappa shape index (κ3) is 2.28. The van der Waals surface area contributed by atoms with Crippen LogP contribution in [0, 0.1) is 24.1 Å². The molecular formula is C15H11FN4O3S. The summed E-state index contributed by atoms with van der Waals surface area (Å²) in [7, 11) is -4.17. The van der Waals surface area contributed by atoms with Crippen LogP contribution in [0.5, 0.6) is 0 Å². The van der Waals surface area contributed by atoms with Gasteiger partial charge in [0.25, 0.3) is 10.0 Å². The van der Waals surface area contributed by atoms with Crippen molar-refractivity contribution in [1.29, 1.82) is 5.26 Å². The molecule has 3 rings (SSSR count). The Kier molecular flexibility index (Phi) is 3.69. The predicted molar refractivity (Wildman–Crippen MR) is 82.4 cm³/mol. The standard InChI is InChI=1S/C15H11FN4O3S/c1-10-9-11(4-5-12(10)16)20-14-13(3-2-7-18-14)24(22,23)19(8-6-17)15(20)21/h2-5,7,9H,8H2,1H3. The molecule has 0 spiro atoms. The van der Waals surface area contributed by atoms with Gasteiger partial charge in [0.1, 0.15) is 17.3 Å². The maximum atomic E-state index is 13.5. The summed E-state index contributed by atoms with van der Waals surface area (Å²) in [6, 6.07) is 7.39. The average molecular weight is 346 g/mol. The summed E-state index contributed by atoms with van der Waals surface area (Å²) in [4.78, 5) is 17.5. The molecule has 0 saturated heterocycles. The Morgan fingerprint density at radius 3 is 2.75 bits per heavy atom. The highest BCUT2D eigenvalue weighted by molar-refractivity contribution is 7.90. The molecule has 0 atom stereocenters. The topological polar surface area (TPSA) is 94.4 Å². The van der Waals surface area contributed by atoms with E-state index >= 15 is 0 Å². The first-order valence-corrected chi connectivity index (χ1v) is 8.27. The largest absolute Gasteiger partial charge is 0.345 e. The third-order valence-electron chi connectivity index (χ3n) is 3.55. The molecule has 0 radical (unpaired) electrons. The van der Waals surface area contributed by atoms with Crippen molar-refractivity contribution in [2.45, 2.75) is 11.8 Å². The first-order valence-electron chi connectivity index (χ1n) is 6.83. The van der Waals surface area contributed by atoms with Crippen LogP contribution in [0.15, 0.2) is 41.4 Å². The number of anilines is 2. The van der Waals surface area contributed by atoms with Crippen LogP contribution in [-0.2, 0) is 10.0 Å². The van der Waals surface area contributed by atoms with Crippen molar-refractivity contribution in [3.05, 3.63) is 47.9 Å². The van der Waals surface area contributed by atoms with Crippen LogP contribution >= 0.6 is 0 Å². The first kappa shape index (κ1) is 15.9. The van der Waals surface area contributed by atoms with Crippen LogP contribution in [0.3, 0.4) is 0 Å². The quantitative estimate of drug-likeness (QED) is 0.778. The summed E-state index contributed by atoms with van der Waals surface area (Å²) in [6.07, 6.45) is 1.35. The SMILES string of the molecule is Cc1cc(N2C(=O)N(CC#N)S(=O)(=O)c3cccnc32)ccc1F. The number of nitrogens with zero attached hydrogens (tertiary/aromatic N) is 4. The number of amides is 2. The van der Waals surface area contributed by atoms with Gasteiger partial charge >= 0.3 is 6.03 Å². The third-order valence-corrected chi connectivity index (χ3v) is 5.29. The lowest BCUT2D eigenvalue weighted by Crippen LogP contribution is -2.49. The molecule has 1 aromatic heterocycles. The lowest BCUT2D eigenvalue weighted by atomic mass is 10.2. The van der Waals surface area contributed by atoms with Crippen molar-refractivity contribution in [1.82, 2.24) is 9.29 Å². The number of nitriles is 1. The molecule has 0 N–H and O–H groups in total. The molecule has 0 bridgehead atoms. The smallest absolute Gasteiger partial charge is 0.246 e. The number of aromatic nitrogens is 1. The Bertz CT molecular complexity index is 984. The van der Waals surface area contributed by atoms with Crippen LogP contribution in [0.4, 0.5) is 20.7 Å². The molecule has 0 saturated carbocycles. The van der Waals surface area contributed by atoms with E-state index in [1.807, 2.05) is 0 Å². The van der Waals surface area contributed by atoms with Crippen LogP contribution < -0.4 is 4.90 Å². The number of pyridine rings is 1. The molecule has 24 heavy (non-hydrogen) atoms. The molecule has 9 heteroatoms. The van der Waals surface area contributed by atoms with Crippen LogP contribution in [0.25, 0.3) is 0 Å². The second-order valence-electron chi connectivity index (χ2n) is 5.05. The van der Waals surface area contributed by atoms with E-state index < -0.39 is 28.4 Å². The Morgan fingerprint density at radius 1 is 1.33 bits per heavy atom. The minimum atomic E-state index is -4.17. The van der Waals surface area contributed by atoms with E-state index in [4.69, 9.17) is 5.26 Å². The van der Waals surface area contributed by atoms with Gasteiger partial charge in [0.05, 0.1) is 11.8 Å². The van der Waals surface area contributed by atoms with E-state index in [0.717, 1.165) is 4.90 Å². The second-order valence-corrected chi connectivity index (χ2v) is 6.88. The first-order chi connectivity index (χ1) is 11.4. The fourth-order valence-electron chi connectivity index (χ4n) is 2.39. The van der Waals surface area contributed by atoms with Gasteiger partial charge in [-0.2, -0.15) is 5.26 Å². The highest BCUT2D eigenvalue weighted by Crippen LogP contribution is 2.37. The number of rotatable bonds is 2. The Labute approximate surface area is 137 Å². The minimum Gasteiger partial charge on any atom is -0.246 e. The zero-order valence-electron chi connectivity index (χ0n) is 12.5. The predicted octanol–water partition coefficient (Wildman–Crippen LogP) is 2.32. The van der Waals surface area contributed by atoms with E-state index in [1.54, 1.807) is 6.07 Å². The molecule has 7 nitrogen and oxygen atoms in total.